The Morgan fingerprint density at radius 1 is 1.45 bits per heavy atom. The van der Waals surface area contributed by atoms with Crippen molar-refractivity contribution in [2.24, 2.45) is 0 Å². The van der Waals surface area contributed by atoms with Crippen LogP contribution < -0.4 is 5.32 Å². The molecular weight excluding hydrogens is 256 g/mol. The Morgan fingerprint density at radius 3 is 2.80 bits per heavy atom. The molecule has 0 saturated carbocycles. The molecule has 20 heavy (non-hydrogen) atoms. The largest absolute Gasteiger partial charge is 0.467 e. The van der Waals surface area contributed by atoms with Crippen LogP contribution in [0.4, 0.5) is 5.69 Å². The van der Waals surface area contributed by atoms with Crippen LogP contribution in [-0.2, 0) is 9.53 Å². The van der Waals surface area contributed by atoms with Crippen LogP contribution in [0.3, 0.4) is 0 Å². The fraction of sp³-hybridized carbons (Fsp3) is 0.467. The third-order valence-corrected chi connectivity index (χ3v) is 3.13. The average Bonchev–Trinajstić information content (AvgIpc) is 2.87. The first kappa shape index (κ1) is 14.4. The fourth-order valence-electron chi connectivity index (χ4n) is 1.95. The number of ether oxygens (including phenoxy) is 1. The third-order valence-electron chi connectivity index (χ3n) is 3.13. The SMILES string of the molecule is CCC(Nc1ccc2oc(C(C)C)nc2c1)C(=O)OC. The van der Waals surface area contributed by atoms with Crippen molar-refractivity contribution < 1.29 is 13.9 Å². The summed E-state index contributed by atoms with van der Waals surface area (Å²) in [4.78, 5) is 16.0. The van der Waals surface area contributed by atoms with Gasteiger partial charge in [-0.25, -0.2) is 9.78 Å². The Labute approximate surface area is 118 Å². The quantitative estimate of drug-likeness (QED) is 0.849. The molecule has 2 aromatic rings. The predicted octanol–water partition coefficient (Wildman–Crippen LogP) is 3.31. The second kappa shape index (κ2) is 5.94. The summed E-state index contributed by atoms with van der Waals surface area (Å²) < 4.78 is 10.4. The molecule has 0 fully saturated rings. The summed E-state index contributed by atoms with van der Waals surface area (Å²) in [5.74, 6) is 0.699. The number of benzene rings is 1. The van der Waals surface area contributed by atoms with Crippen molar-refractivity contribution in [1.29, 1.82) is 0 Å². The number of anilines is 1. The number of methoxy groups -OCH3 is 1. The van der Waals surface area contributed by atoms with Gasteiger partial charge in [0.25, 0.3) is 0 Å². The highest BCUT2D eigenvalue weighted by Crippen LogP contribution is 2.24. The van der Waals surface area contributed by atoms with Crippen molar-refractivity contribution in [1.82, 2.24) is 4.98 Å². The highest BCUT2D eigenvalue weighted by Gasteiger charge is 2.17. The zero-order valence-corrected chi connectivity index (χ0v) is 12.3. The number of aromatic nitrogens is 1. The molecule has 5 nitrogen and oxygen atoms in total. The monoisotopic (exact) mass is 276 g/mol. The normalized spacial score (nSPS) is 12.7. The van der Waals surface area contributed by atoms with Crippen molar-refractivity contribution in [3.05, 3.63) is 24.1 Å². The van der Waals surface area contributed by atoms with Gasteiger partial charge in [-0.2, -0.15) is 0 Å². The number of hydrogen-bond donors (Lipinski definition) is 1. The second-order valence-corrected chi connectivity index (χ2v) is 5.02. The molecule has 2 rings (SSSR count). The van der Waals surface area contributed by atoms with Crippen LogP contribution in [0.2, 0.25) is 0 Å². The molecule has 0 bridgehead atoms. The molecule has 0 spiro atoms. The van der Waals surface area contributed by atoms with Crippen molar-refractivity contribution >= 4 is 22.8 Å². The summed E-state index contributed by atoms with van der Waals surface area (Å²) in [6.07, 6.45) is 0.654. The van der Waals surface area contributed by atoms with E-state index < -0.39 is 0 Å². The van der Waals surface area contributed by atoms with Crippen molar-refractivity contribution in [3.8, 4) is 0 Å². The van der Waals surface area contributed by atoms with E-state index in [4.69, 9.17) is 9.15 Å². The molecule has 0 aliphatic heterocycles. The van der Waals surface area contributed by atoms with Gasteiger partial charge in [-0.05, 0) is 24.6 Å². The first-order valence-electron chi connectivity index (χ1n) is 6.80. The number of hydrogen-bond acceptors (Lipinski definition) is 5. The number of nitrogens with one attached hydrogen (secondary N) is 1. The molecule has 108 valence electrons. The van der Waals surface area contributed by atoms with Crippen molar-refractivity contribution in [3.63, 3.8) is 0 Å². The molecule has 1 atom stereocenters. The number of carbonyl (C=O) groups excluding carboxylic acids is 1. The van der Waals surface area contributed by atoms with Gasteiger partial charge >= 0.3 is 5.97 Å². The van der Waals surface area contributed by atoms with Gasteiger partial charge in [0.1, 0.15) is 11.6 Å². The lowest BCUT2D eigenvalue weighted by molar-refractivity contribution is -0.141. The number of nitrogens with zero attached hydrogens (tertiary/aromatic N) is 1. The molecule has 0 saturated heterocycles. The molecule has 1 aromatic carbocycles. The van der Waals surface area contributed by atoms with E-state index in [0.717, 1.165) is 22.7 Å². The van der Waals surface area contributed by atoms with Crippen LogP contribution in [0.5, 0.6) is 0 Å². The maximum absolute atomic E-state index is 11.6. The zero-order valence-electron chi connectivity index (χ0n) is 12.3. The van der Waals surface area contributed by atoms with Crippen LogP contribution in [0.15, 0.2) is 22.6 Å². The summed E-state index contributed by atoms with van der Waals surface area (Å²) in [6, 6.07) is 5.27. The van der Waals surface area contributed by atoms with E-state index in [9.17, 15) is 4.79 Å². The first-order valence-corrected chi connectivity index (χ1v) is 6.80. The van der Waals surface area contributed by atoms with Gasteiger partial charge < -0.3 is 14.5 Å². The van der Waals surface area contributed by atoms with Gasteiger partial charge in [0.15, 0.2) is 11.5 Å². The van der Waals surface area contributed by atoms with Gasteiger partial charge in [0, 0.05) is 11.6 Å². The Kier molecular flexibility index (Phi) is 4.27. The Bertz CT molecular complexity index is 604. The molecule has 0 radical (unpaired) electrons. The average molecular weight is 276 g/mol. The highest BCUT2D eigenvalue weighted by atomic mass is 16.5. The van der Waals surface area contributed by atoms with E-state index in [0.29, 0.717) is 6.42 Å². The molecular formula is C15H20N2O3. The summed E-state index contributed by atoms with van der Waals surface area (Å²) in [6.45, 7) is 6.00. The molecule has 0 amide bonds. The standard InChI is InChI=1S/C15H20N2O3/c1-5-11(15(18)19-4)16-10-6-7-13-12(8-10)17-14(20-13)9(2)3/h6-9,11,16H,5H2,1-4H3. The van der Waals surface area contributed by atoms with E-state index in [1.807, 2.05) is 39.0 Å². The van der Waals surface area contributed by atoms with Crippen LogP contribution in [0, 0.1) is 0 Å². The number of rotatable bonds is 5. The molecule has 0 aliphatic rings. The Hall–Kier alpha value is -2.04. The van der Waals surface area contributed by atoms with E-state index in [2.05, 4.69) is 10.3 Å². The molecule has 1 heterocycles. The van der Waals surface area contributed by atoms with E-state index in [-0.39, 0.29) is 17.9 Å². The van der Waals surface area contributed by atoms with Crippen LogP contribution in [0.25, 0.3) is 11.1 Å². The Balaban J connectivity index is 2.24. The Morgan fingerprint density at radius 2 is 2.20 bits per heavy atom. The zero-order chi connectivity index (χ0) is 14.7. The molecule has 0 aliphatic carbocycles. The maximum atomic E-state index is 11.6. The lowest BCUT2D eigenvalue weighted by Crippen LogP contribution is -2.29. The van der Waals surface area contributed by atoms with E-state index in [1.165, 1.54) is 7.11 Å². The summed E-state index contributed by atoms with van der Waals surface area (Å²) >= 11 is 0. The summed E-state index contributed by atoms with van der Waals surface area (Å²) in [5.41, 5.74) is 2.38. The van der Waals surface area contributed by atoms with Gasteiger partial charge in [-0.3, -0.25) is 0 Å². The maximum Gasteiger partial charge on any atom is 0.328 e. The van der Waals surface area contributed by atoms with E-state index in [1.54, 1.807) is 0 Å². The number of esters is 1. The molecule has 1 unspecified atom stereocenters. The number of fused-ring (bicyclic) bond motifs is 1. The number of oxazole rings is 1. The molecule has 5 heteroatoms. The lowest BCUT2D eigenvalue weighted by atomic mass is 10.2. The summed E-state index contributed by atoms with van der Waals surface area (Å²) in [7, 11) is 1.39. The summed E-state index contributed by atoms with van der Waals surface area (Å²) in [5, 5.41) is 3.15. The van der Waals surface area contributed by atoms with Gasteiger partial charge in [0.05, 0.1) is 7.11 Å². The van der Waals surface area contributed by atoms with Gasteiger partial charge in [-0.1, -0.05) is 20.8 Å². The van der Waals surface area contributed by atoms with Gasteiger partial charge in [-0.15, -0.1) is 0 Å². The molecule has 1 N–H and O–H groups in total. The smallest absolute Gasteiger partial charge is 0.328 e. The van der Waals surface area contributed by atoms with Crippen molar-refractivity contribution in [2.45, 2.75) is 39.2 Å². The lowest BCUT2D eigenvalue weighted by Gasteiger charge is -2.15. The molecule has 1 aromatic heterocycles. The second-order valence-electron chi connectivity index (χ2n) is 5.02. The van der Waals surface area contributed by atoms with E-state index >= 15 is 0 Å². The van der Waals surface area contributed by atoms with Crippen LogP contribution in [-0.4, -0.2) is 24.1 Å². The van der Waals surface area contributed by atoms with Crippen LogP contribution >= 0.6 is 0 Å². The fourth-order valence-corrected chi connectivity index (χ4v) is 1.95. The number of carbonyl (C=O) groups is 1. The topological polar surface area (TPSA) is 64.4 Å². The minimum absolute atomic E-state index is 0.247. The van der Waals surface area contributed by atoms with Crippen molar-refractivity contribution in [2.75, 3.05) is 12.4 Å². The van der Waals surface area contributed by atoms with Crippen LogP contribution in [0.1, 0.15) is 39.0 Å². The predicted molar refractivity (Wildman–Crippen MR) is 77.8 cm³/mol. The van der Waals surface area contributed by atoms with Gasteiger partial charge in [0.2, 0.25) is 0 Å². The minimum Gasteiger partial charge on any atom is -0.467 e. The minimum atomic E-state index is -0.353. The third kappa shape index (κ3) is 2.92. The first-order chi connectivity index (χ1) is 9.55. The highest BCUT2D eigenvalue weighted by molar-refractivity contribution is 5.82.